The van der Waals surface area contributed by atoms with Crippen LogP contribution in [0.1, 0.15) is 23.0 Å². The Kier molecular flexibility index (Phi) is 3.41. The predicted molar refractivity (Wildman–Crippen MR) is 55.9 cm³/mol. The van der Waals surface area contributed by atoms with Crippen molar-refractivity contribution in [3.63, 3.8) is 0 Å². The summed E-state index contributed by atoms with van der Waals surface area (Å²) in [7, 11) is -3.52. The van der Waals surface area contributed by atoms with E-state index in [-0.39, 0.29) is 0 Å². The fourth-order valence-corrected chi connectivity index (χ4v) is 1.60. The minimum absolute atomic E-state index is 0.297. The first kappa shape index (κ1) is 11.6. The molecule has 1 amide bonds. The lowest BCUT2D eigenvalue weighted by Gasteiger charge is -2.05. The number of aromatic nitrogens is 1. The van der Waals surface area contributed by atoms with Crippen LogP contribution in [0.5, 0.6) is 0 Å². The molecule has 0 spiro atoms. The maximum Gasteiger partial charge on any atom is 0.266 e. The van der Waals surface area contributed by atoms with Gasteiger partial charge in [-0.15, -0.1) is 0 Å². The van der Waals surface area contributed by atoms with Crippen LogP contribution in [0.3, 0.4) is 0 Å². The molecule has 0 aliphatic heterocycles. The van der Waals surface area contributed by atoms with Gasteiger partial charge in [0.2, 0.25) is 10.0 Å². The number of rotatable bonds is 3. The molecule has 1 rings (SSSR count). The van der Waals surface area contributed by atoms with Gasteiger partial charge in [-0.05, 0) is 18.6 Å². The molecule has 15 heavy (non-hydrogen) atoms. The zero-order valence-electron chi connectivity index (χ0n) is 8.52. The van der Waals surface area contributed by atoms with Crippen LogP contribution in [-0.2, 0) is 16.4 Å². The fourth-order valence-electron chi connectivity index (χ4n) is 1.15. The molecule has 1 aromatic heterocycles. The van der Waals surface area contributed by atoms with Gasteiger partial charge in [0, 0.05) is 6.20 Å². The summed E-state index contributed by atoms with van der Waals surface area (Å²) in [4.78, 5) is 15.5. The van der Waals surface area contributed by atoms with Crippen LogP contribution in [0.15, 0.2) is 18.3 Å². The van der Waals surface area contributed by atoms with Crippen LogP contribution >= 0.6 is 0 Å². The molecule has 0 aliphatic carbocycles. The Balaban J connectivity index is 3.01. The summed E-state index contributed by atoms with van der Waals surface area (Å²) >= 11 is 0. The zero-order valence-corrected chi connectivity index (χ0v) is 9.34. The monoisotopic (exact) mass is 228 g/mol. The Morgan fingerprint density at radius 3 is 2.73 bits per heavy atom. The lowest BCUT2D eigenvalue weighted by atomic mass is 10.1. The highest BCUT2D eigenvalue weighted by molar-refractivity contribution is 7.89. The second-order valence-corrected chi connectivity index (χ2v) is 4.80. The number of amides is 1. The van der Waals surface area contributed by atoms with Gasteiger partial charge in [0.1, 0.15) is 0 Å². The van der Waals surface area contributed by atoms with Gasteiger partial charge in [-0.2, -0.15) is 0 Å². The first-order chi connectivity index (χ1) is 6.94. The summed E-state index contributed by atoms with van der Waals surface area (Å²) in [5.41, 5.74) is 0.879. The largest absolute Gasteiger partial charge is 0.268 e. The molecule has 1 heterocycles. The summed E-state index contributed by atoms with van der Waals surface area (Å²) in [6.07, 6.45) is 3.08. The van der Waals surface area contributed by atoms with E-state index in [0.717, 1.165) is 6.26 Å². The van der Waals surface area contributed by atoms with Gasteiger partial charge in [-0.25, -0.2) is 13.1 Å². The van der Waals surface area contributed by atoms with E-state index >= 15 is 0 Å². The smallest absolute Gasteiger partial charge is 0.266 e. The molecule has 0 saturated heterocycles. The molecule has 0 radical (unpaired) electrons. The van der Waals surface area contributed by atoms with Crippen molar-refractivity contribution in [3.05, 3.63) is 29.6 Å². The van der Waals surface area contributed by atoms with Crippen LogP contribution in [-0.4, -0.2) is 25.6 Å². The minimum Gasteiger partial charge on any atom is -0.268 e. The second kappa shape index (κ2) is 4.39. The average Bonchev–Trinajstić information content (AvgIpc) is 2.15. The van der Waals surface area contributed by atoms with Crippen molar-refractivity contribution in [1.29, 1.82) is 0 Å². The van der Waals surface area contributed by atoms with Crippen molar-refractivity contribution in [3.8, 4) is 0 Å². The summed E-state index contributed by atoms with van der Waals surface area (Å²) in [5.74, 6) is -0.637. The second-order valence-electron chi connectivity index (χ2n) is 3.05. The summed E-state index contributed by atoms with van der Waals surface area (Å²) in [6.45, 7) is 1.85. The molecule has 5 nitrogen and oxygen atoms in total. The normalized spacial score (nSPS) is 11.1. The SMILES string of the molecule is CCc1ncccc1C(=O)NS(C)(=O)=O. The Bertz CT molecular complexity index is 468. The number of carbonyl (C=O) groups is 1. The predicted octanol–water partition coefficient (Wildman–Crippen LogP) is 0.333. The summed E-state index contributed by atoms with van der Waals surface area (Å²) < 4.78 is 23.6. The van der Waals surface area contributed by atoms with Crippen molar-refractivity contribution in [2.45, 2.75) is 13.3 Å². The minimum atomic E-state index is -3.52. The number of sulfonamides is 1. The average molecular weight is 228 g/mol. The molecule has 0 saturated carbocycles. The van der Waals surface area contributed by atoms with Crippen molar-refractivity contribution in [2.75, 3.05) is 6.26 Å². The Hall–Kier alpha value is -1.43. The van der Waals surface area contributed by atoms with Crippen molar-refractivity contribution in [2.24, 2.45) is 0 Å². The van der Waals surface area contributed by atoms with Crippen LogP contribution in [0.4, 0.5) is 0 Å². The van der Waals surface area contributed by atoms with Gasteiger partial charge in [-0.1, -0.05) is 6.92 Å². The molecule has 0 atom stereocenters. The number of hydrogen-bond donors (Lipinski definition) is 1. The van der Waals surface area contributed by atoms with E-state index in [4.69, 9.17) is 0 Å². The number of nitrogens with one attached hydrogen (secondary N) is 1. The molecule has 1 aromatic rings. The van der Waals surface area contributed by atoms with E-state index in [1.54, 1.807) is 18.3 Å². The van der Waals surface area contributed by atoms with Crippen molar-refractivity contribution < 1.29 is 13.2 Å². The van der Waals surface area contributed by atoms with Crippen molar-refractivity contribution in [1.82, 2.24) is 9.71 Å². The Morgan fingerprint density at radius 1 is 1.53 bits per heavy atom. The molecule has 6 heteroatoms. The number of pyridine rings is 1. The maximum atomic E-state index is 11.5. The van der Waals surface area contributed by atoms with Gasteiger partial charge < -0.3 is 0 Å². The van der Waals surface area contributed by atoms with E-state index in [1.165, 1.54) is 0 Å². The molecule has 0 bridgehead atoms. The Labute approximate surface area is 88.6 Å². The summed E-state index contributed by atoms with van der Waals surface area (Å²) in [6, 6.07) is 3.14. The molecule has 82 valence electrons. The number of aryl methyl sites for hydroxylation is 1. The fraction of sp³-hybridized carbons (Fsp3) is 0.333. The molecular formula is C9H12N2O3S. The first-order valence-electron chi connectivity index (χ1n) is 4.40. The molecule has 0 aromatic carbocycles. The molecule has 1 N–H and O–H groups in total. The van der Waals surface area contributed by atoms with E-state index in [0.29, 0.717) is 17.7 Å². The molecular weight excluding hydrogens is 216 g/mol. The van der Waals surface area contributed by atoms with Gasteiger partial charge in [0.15, 0.2) is 0 Å². The van der Waals surface area contributed by atoms with Crippen LogP contribution < -0.4 is 4.72 Å². The zero-order chi connectivity index (χ0) is 11.5. The third-order valence-electron chi connectivity index (χ3n) is 1.75. The molecule has 0 aliphatic rings. The number of hydrogen-bond acceptors (Lipinski definition) is 4. The van der Waals surface area contributed by atoms with Gasteiger partial charge in [0.25, 0.3) is 5.91 Å². The molecule has 0 unspecified atom stereocenters. The van der Waals surface area contributed by atoms with E-state index in [1.807, 2.05) is 11.6 Å². The maximum absolute atomic E-state index is 11.5. The standard InChI is InChI=1S/C9H12N2O3S/c1-3-8-7(5-4-6-10-8)9(12)11-15(2,13)14/h4-6H,3H2,1-2H3,(H,11,12). The highest BCUT2D eigenvalue weighted by Crippen LogP contribution is 2.05. The van der Waals surface area contributed by atoms with Crippen molar-refractivity contribution >= 4 is 15.9 Å². The number of carbonyl (C=O) groups excluding carboxylic acids is 1. The van der Waals surface area contributed by atoms with Gasteiger partial charge in [0.05, 0.1) is 17.5 Å². The third-order valence-corrected chi connectivity index (χ3v) is 2.30. The van der Waals surface area contributed by atoms with Crippen LogP contribution in [0.2, 0.25) is 0 Å². The Morgan fingerprint density at radius 2 is 2.20 bits per heavy atom. The first-order valence-corrected chi connectivity index (χ1v) is 6.29. The van der Waals surface area contributed by atoms with E-state index < -0.39 is 15.9 Å². The molecule has 0 fully saturated rings. The lowest BCUT2D eigenvalue weighted by Crippen LogP contribution is -2.30. The van der Waals surface area contributed by atoms with Crippen LogP contribution in [0.25, 0.3) is 0 Å². The lowest BCUT2D eigenvalue weighted by molar-refractivity contribution is 0.0980. The van der Waals surface area contributed by atoms with Gasteiger partial charge in [-0.3, -0.25) is 9.78 Å². The number of nitrogens with zero attached hydrogens (tertiary/aromatic N) is 1. The highest BCUT2D eigenvalue weighted by Gasteiger charge is 2.14. The van der Waals surface area contributed by atoms with Crippen LogP contribution in [0, 0.1) is 0 Å². The quantitative estimate of drug-likeness (QED) is 0.809. The van der Waals surface area contributed by atoms with E-state index in [2.05, 4.69) is 4.98 Å². The topological polar surface area (TPSA) is 76.1 Å². The highest BCUT2D eigenvalue weighted by atomic mass is 32.2. The third kappa shape index (κ3) is 3.32. The van der Waals surface area contributed by atoms with Gasteiger partial charge >= 0.3 is 0 Å². The summed E-state index contributed by atoms with van der Waals surface area (Å²) in [5, 5.41) is 0. The van der Waals surface area contributed by atoms with E-state index in [9.17, 15) is 13.2 Å².